The molecule has 2 aromatic heterocycles. The summed E-state index contributed by atoms with van der Waals surface area (Å²) in [6, 6.07) is -0.0324. The number of hydrogen-bond donors (Lipinski definition) is 1. The molecule has 0 aromatic carbocycles. The van der Waals surface area contributed by atoms with Gasteiger partial charge in [-0.05, 0) is 63.7 Å². The second-order valence-electron chi connectivity index (χ2n) is 8.96. The fraction of sp³-hybridized carbons (Fsp3) is 0.565. The predicted molar refractivity (Wildman–Crippen MR) is 140 cm³/mol. The van der Waals surface area contributed by atoms with Crippen LogP contribution in [0.2, 0.25) is 10.6 Å². The van der Waals surface area contributed by atoms with Crippen LogP contribution >= 0.6 is 23.2 Å². The Hall–Kier alpha value is -2.72. The first kappa shape index (κ1) is 26.9. The fourth-order valence-electron chi connectivity index (χ4n) is 4.47. The van der Waals surface area contributed by atoms with Crippen molar-refractivity contribution in [1.82, 2.24) is 19.9 Å². The molecule has 0 unspecified atom stereocenters. The van der Waals surface area contributed by atoms with Crippen LogP contribution in [-0.2, 0) is 9.59 Å². The molecule has 10 nitrogen and oxygen atoms in total. The SMILES string of the molecule is CC[C@@H]1C(=O)N(C)c2cnc(Cl)nc2N1C(C)C.CC[C@@H]1C(=O)Nc2cnc(Cl)nc2N1C(C)C. The molecule has 0 fully saturated rings. The summed E-state index contributed by atoms with van der Waals surface area (Å²) in [7, 11) is 1.75. The number of nitrogens with zero attached hydrogens (tertiary/aromatic N) is 7. The van der Waals surface area contributed by atoms with Gasteiger partial charge in [0.2, 0.25) is 22.4 Å². The molecule has 190 valence electrons. The van der Waals surface area contributed by atoms with Gasteiger partial charge in [0.15, 0.2) is 11.6 Å². The third kappa shape index (κ3) is 5.28. The van der Waals surface area contributed by atoms with Gasteiger partial charge in [-0.15, -0.1) is 0 Å². The Bertz CT molecular complexity index is 1100. The number of rotatable bonds is 4. The molecule has 2 atom stereocenters. The summed E-state index contributed by atoms with van der Waals surface area (Å²) in [4.78, 5) is 46.2. The standard InChI is InChI=1S/C12H17ClN4O.C11H15ClN4O/c1-5-8-11(18)16(4)9-6-14-12(13)15-10(9)17(8)7(2)3;1-4-8-10(17)14-7-5-13-11(12)15-9(7)16(8)6(2)3/h6-8H,5H2,1-4H3;5-6,8H,4H2,1-3H3,(H,14,17)/t2*8-/m11/s1. The molecule has 35 heavy (non-hydrogen) atoms. The molecular formula is C23H32Cl2N8O2. The molecule has 2 amide bonds. The Kier molecular flexibility index (Phi) is 8.38. The predicted octanol–water partition coefficient (Wildman–Crippen LogP) is 4.18. The smallest absolute Gasteiger partial charge is 0.249 e. The van der Waals surface area contributed by atoms with Crippen molar-refractivity contribution in [3.63, 3.8) is 0 Å². The van der Waals surface area contributed by atoms with E-state index in [0.29, 0.717) is 17.2 Å². The van der Waals surface area contributed by atoms with Crippen LogP contribution in [-0.4, -0.2) is 63.0 Å². The summed E-state index contributed by atoms with van der Waals surface area (Å²) in [5, 5.41) is 3.21. The zero-order chi connectivity index (χ0) is 26.0. The van der Waals surface area contributed by atoms with E-state index < -0.39 is 0 Å². The van der Waals surface area contributed by atoms with E-state index in [2.05, 4.69) is 25.3 Å². The molecule has 1 N–H and O–H groups in total. The molecule has 12 heteroatoms. The van der Waals surface area contributed by atoms with Crippen LogP contribution in [0.15, 0.2) is 12.4 Å². The maximum atomic E-state index is 12.3. The van der Waals surface area contributed by atoms with Crippen LogP contribution in [0.25, 0.3) is 0 Å². The number of hydrogen-bond acceptors (Lipinski definition) is 8. The van der Waals surface area contributed by atoms with Gasteiger partial charge >= 0.3 is 0 Å². The summed E-state index contributed by atoms with van der Waals surface area (Å²) in [6.07, 6.45) is 4.61. The molecule has 2 aliphatic rings. The van der Waals surface area contributed by atoms with Gasteiger partial charge in [-0.25, -0.2) is 9.97 Å². The summed E-state index contributed by atoms with van der Waals surface area (Å²) >= 11 is 11.7. The Labute approximate surface area is 216 Å². The van der Waals surface area contributed by atoms with Crippen LogP contribution in [0, 0.1) is 0 Å². The maximum Gasteiger partial charge on any atom is 0.249 e. The number of carbonyl (C=O) groups is 2. The fourth-order valence-corrected chi connectivity index (χ4v) is 4.73. The molecule has 2 aromatic rings. The summed E-state index contributed by atoms with van der Waals surface area (Å²) in [6.45, 7) is 12.1. The summed E-state index contributed by atoms with van der Waals surface area (Å²) < 4.78 is 0. The van der Waals surface area contributed by atoms with Gasteiger partial charge < -0.3 is 20.0 Å². The zero-order valence-corrected chi connectivity index (χ0v) is 22.6. The third-order valence-electron chi connectivity index (χ3n) is 6.04. The number of carbonyl (C=O) groups excluding carboxylic acids is 2. The molecule has 0 bridgehead atoms. The van der Waals surface area contributed by atoms with Gasteiger partial charge in [0, 0.05) is 19.1 Å². The van der Waals surface area contributed by atoms with Gasteiger partial charge in [0.25, 0.3) is 0 Å². The number of nitrogens with one attached hydrogen (secondary N) is 1. The minimum absolute atomic E-state index is 0.0142. The van der Waals surface area contributed by atoms with Crippen LogP contribution in [0.3, 0.4) is 0 Å². The molecule has 0 aliphatic carbocycles. The van der Waals surface area contributed by atoms with Crippen molar-refractivity contribution in [2.45, 2.75) is 78.6 Å². The highest BCUT2D eigenvalue weighted by Gasteiger charge is 2.38. The van der Waals surface area contributed by atoms with E-state index in [0.717, 1.165) is 18.7 Å². The number of aromatic nitrogens is 4. The van der Waals surface area contributed by atoms with Crippen molar-refractivity contribution < 1.29 is 9.59 Å². The monoisotopic (exact) mass is 522 g/mol. The molecule has 0 radical (unpaired) electrons. The summed E-state index contributed by atoms with van der Waals surface area (Å²) in [5.74, 6) is 1.50. The van der Waals surface area contributed by atoms with Gasteiger partial charge in [-0.3, -0.25) is 9.59 Å². The average molecular weight is 523 g/mol. The molecule has 2 aliphatic heterocycles. The van der Waals surface area contributed by atoms with Crippen molar-refractivity contribution in [1.29, 1.82) is 0 Å². The van der Waals surface area contributed by atoms with Crippen LogP contribution < -0.4 is 20.0 Å². The van der Waals surface area contributed by atoms with Crippen molar-refractivity contribution in [2.24, 2.45) is 0 Å². The van der Waals surface area contributed by atoms with E-state index in [-0.39, 0.29) is 46.5 Å². The van der Waals surface area contributed by atoms with Gasteiger partial charge in [-0.2, -0.15) is 9.97 Å². The van der Waals surface area contributed by atoms with Crippen molar-refractivity contribution >= 4 is 58.0 Å². The molecular weight excluding hydrogens is 491 g/mol. The highest BCUT2D eigenvalue weighted by Crippen LogP contribution is 2.36. The van der Waals surface area contributed by atoms with E-state index in [9.17, 15) is 9.59 Å². The lowest BCUT2D eigenvalue weighted by Crippen LogP contribution is -2.54. The Morgan fingerprint density at radius 2 is 1.40 bits per heavy atom. The highest BCUT2D eigenvalue weighted by atomic mass is 35.5. The molecule has 0 saturated carbocycles. The lowest BCUT2D eigenvalue weighted by molar-refractivity contribution is -0.120. The molecule has 4 heterocycles. The Morgan fingerprint density at radius 1 is 0.886 bits per heavy atom. The van der Waals surface area contributed by atoms with Gasteiger partial charge in [0.05, 0.1) is 12.4 Å². The van der Waals surface area contributed by atoms with E-state index in [4.69, 9.17) is 23.2 Å². The largest absolute Gasteiger partial charge is 0.340 e. The second-order valence-corrected chi connectivity index (χ2v) is 9.64. The maximum absolute atomic E-state index is 12.3. The Morgan fingerprint density at radius 3 is 1.94 bits per heavy atom. The Balaban J connectivity index is 0.000000196. The van der Waals surface area contributed by atoms with Crippen LogP contribution in [0.5, 0.6) is 0 Å². The van der Waals surface area contributed by atoms with E-state index in [1.54, 1.807) is 24.3 Å². The van der Waals surface area contributed by atoms with E-state index in [1.807, 2.05) is 51.3 Å². The summed E-state index contributed by atoms with van der Waals surface area (Å²) in [5.41, 5.74) is 1.33. The minimum atomic E-state index is -0.200. The number of halogens is 2. The highest BCUT2D eigenvalue weighted by molar-refractivity contribution is 6.28. The van der Waals surface area contributed by atoms with Crippen molar-refractivity contribution in [3.05, 3.63) is 23.0 Å². The number of likely N-dealkylation sites (N-methyl/N-ethyl adjacent to an activating group) is 1. The quantitative estimate of drug-likeness (QED) is 0.595. The first-order chi connectivity index (χ1) is 16.5. The van der Waals surface area contributed by atoms with Crippen molar-refractivity contribution in [3.8, 4) is 0 Å². The lowest BCUT2D eigenvalue weighted by Gasteiger charge is -2.42. The lowest BCUT2D eigenvalue weighted by atomic mass is 10.1. The minimum Gasteiger partial charge on any atom is -0.340 e. The van der Waals surface area contributed by atoms with Gasteiger partial charge in [-0.1, -0.05) is 13.8 Å². The van der Waals surface area contributed by atoms with E-state index >= 15 is 0 Å². The van der Waals surface area contributed by atoms with Gasteiger partial charge in [0.1, 0.15) is 23.5 Å². The average Bonchev–Trinajstić information content (AvgIpc) is 2.80. The molecule has 4 rings (SSSR count). The first-order valence-corrected chi connectivity index (χ1v) is 12.5. The first-order valence-electron chi connectivity index (χ1n) is 11.7. The third-order valence-corrected chi connectivity index (χ3v) is 6.41. The number of anilines is 4. The van der Waals surface area contributed by atoms with E-state index in [1.165, 1.54) is 0 Å². The second kappa shape index (κ2) is 10.9. The molecule has 0 spiro atoms. The number of fused-ring (bicyclic) bond motifs is 2. The van der Waals surface area contributed by atoms with Crippen LogP contribution in [0.4, 0.5) is 23.0 Å². The van der Waals surface area contributed by atoms with Crippen molar-refractivity contribution in [2.75, 3.05) is 27.1 Å². The normalized spacial score (nSPS) is 19.3. The van der Waals surface area contributed by atoms with Crippen LogP contribution in [0.1, 0.15) is 54.4 Å². The topological polar surface area (TPSA) is 107 Å². The number of amides is 2. The molecule has 0 saturated heterocycles. The zero-order valence-electron chi connectivity index (χ0n) is 21.1.